The average Bonchev–Trinajstić information content (AvgIpc) is 3.39. The minimum Gasteiger partial charge on any atom is -0.339 e. The summed E-state index contributed by atoms with van der Waals surface area (Å²) in [5.41, 5.74) is 1.74. The van der Waals surface area contributed by atoms with Crippen LogP contribution in [0, 0.1) is 0 Å². The highest BCUT2D eigenvalue weighted by Gasteiger charge is 2.12. The lowest BCUT2D eigenvalue weighted by Gasteiger charge is -1.99. The molecular formula is C20H16ClN5O2S. The zero-order valence-corrected chi connectivity index (χ0v) is 16.8. The van der Waals surface area contributed by atoms with E-state index in [0.717, 1.165) is 22.7 Å². The number of halogens is 1. The molecule has 0 bridgehead atoms. The molecule has 4 aromatic rings. The summed E-state index contributed by atoms with van der Waals surface area (Å²) < 4.78 is 9.53. The van der Waals surface area contributed by atoms with E-state index in [1.165, 1.54) is 0 Å². The Kier molecular flexibility index (Phi) is 5.92. The first kappa shape index (κ1) is 19.2. The normalized spacial score (nSPS) is 10.8. The molecule has 2 aromatic carbocycles. The number of aromatic nitrogens is 4. The van der Waals surface area contributed by atoms with Crippen LogP contribution in [0.25, 0.3) is 22.8 Å². The van der Waals surface area contributed by atoms with E-state index in [0.29, 0.717) is 47.0 Å². The van der Waals surface area contributed by atoms with Crippen molar-refractivity contribution in [3.05, 3.63) is 65.5 Å². The molecule has 0 spiro atoms. The molecule has 9 heteroatoms. The highest BCUT2D eigenvalue weighted by atomic mass is 35.5. The highest BCUT2D eigenvalue weighted by molar-refractivity contribution is 7.10. The zero-order chi connectivity index (χ0) is 20.1. The number of anilines is 1. The van der Waals surface area contributed by atoms with Gasteiger partial charge in [-0.3, -0.25) is 4.79 Å². The molecule has 1 amide bonds. The fraction of sp³-hybridized carbons (Fsp3) is 0.150. The van der Waals surface area contributed by atoms with Gasteiger partial charge in [-0.05, 0) is 30.7 Å². The number of carbonyl (C=O) groups excluding carboxylic acids is 1. The van der Waals surface area contributed by atoms with E-state index in [1.807, 2.05) is 42.5 Å². The summed E-state index contributed by atoms with van der Waals surface area (Å²) in [5.74, 6) is 1.47. The summed E-state index contributed by atoms with van der Waals surface area (Å²) >= 11 is 7.04. The maximum Gasteiger partial charge on any atom is 0.226 e. The van der Waals surface area contributed by atoms with E-state index in [-0.39, 0.29) is 5.91 Å². The molecule has 0 radical (unpaired) electrons. The first-order valence-corrected chi connectivity index (χ1v) is 10.1. The fourth-order valence-electron chi connectivity index (χ4n) is 2.63. The van der Waals surface area contributed by atoms with Gasteiger partial charge in [0.25, 0.3) is 0 Å². The second-order valence-corrected chi connectivity index (χ2v) is 7.40. The first-order valence-electron chi connectivity index (χ1n) is 8.95. The number of hydrogen-bond donors (Lipinski definition) is 1. The highest BCUT2D eigenvalue weighted by Crippen LogP contribution is 2.21. The van der Waals surface area contributed by atoms with Gasteiger partial charge in [-0.2, -0.15) is 14.3 Å². The standard InChI is InChI=1S/C20H16ClN5O2S/c21-15-11-9-14(10-12-15)18-23-17(28-25-18)8-4-7-16(27)22-20-24-19(26-29-20)13-5-2-1-3-6-13/h1-3,5-6,9-12H,4,7-8H2,(H,22,24,26,27). The van der Waals surface area contributed by atoms with Crippen LogP contribution >= 0.6 is 23.1 Å². The minimum absolute atomic E-state index is 0.127. The molecule has 7 nitrogen and oxygen atoms in total. The summed E-state index contributed by atoms with van der Waals surface area (Å²) in [4.78, 5) is 20.9. The molecule has 4 rings (SSSR count). The Morgan fingerprint density at radius 2 is 1.76 bits per heavy atom. The summed E-state index contributed by atoms with van der Waals surface area (Å²) in [5, 5.41) is 7.88. The van der Waals surface area contributed by atoms with Gasteiger partial charge < -0.3 is 9.84 Å². The number of carbonyl (C=O) groups is 1. The summed E-state index contributed by atoms with van der Waals surface area (Å²) in [6.07, 6.45) is 1.41. The van der Waals surface area contributed by atoms with Crippen molar-refractivity contribution in [1.29, 1.82) is 0 Å². The molecular weight excluding hydrogens is 410 g/mol. The van der Waals surface area contributed by atoms with Gasteiger partial charge in [0, 0.05) is 40.5 Å². The summed E-state index contributed by atoms with van der Waals surface area (Å²) in [6, 6.07) is 16.8. The molecule has 0 aliphatic carbocycles. The van der Waals surface area contributed by atoms with Crippen molar-refractivity contribution in [2.45, 2.75) is 19.3 Å². The monoisotopic (exact) mass is 425 g/mol. The Labute approximate surface area is 175 Å². The van der Waals surface area contributed by atoms with E-state index in [2.05, 4.69) is 24.8 Å². The predicted octanol–water partition coefficient (Wildman–Crippen LogP) is 4.87. The van der Waals surface area contributed by atoms with Crippen LogP contribution in [0.15, 0.2) is 59.1 Å². The molecule has 146 valence electrons. The van der Waals surface area contributed by atoms with Crippen molar-refractivity contribution in [3.8, 4) is 22.8 Å². The second kappa shape index (κ2) is 8.93. The van der Waals surface area contributed by atoms with Crippen LogP contribution in [-0.2, 0) is 11.2 Å². The van der Waals surface area contributed by atoms with Crippen LogP contribution in [0.2, 0.25) is 5.02 Å². The Morgan fingerprint density at radius 1 is 1.00 bits per heavy atom. The second-order valence-electron chi connectivity index (χ2n) is 6.21. The van der Waals surface area contributed by atoms with E-state index in [1.54, 1.807) is 12.1 Å². The van der Waals surface area contributed by atoms with E-state index in [9.17, 15) is 4.79 Å². The molecule has 1 N–H and O–H groups in total. The fourth-order valence-corrected chi connectivity index (χ4v) is 3.37. The largest absolute Gasteiger partial charge is 0.339 e. The van der Waals surface area contributed by atoms with Crippen LogP contribution < -0.4 is 5.32 Å². The van der Waals surface area contributed by atoms with Gasteiger partial charge >= 0.3 is 0 Å². The maximum absolute atomic E-state index is 12.2. The number of amides is 1. The zero-order valence-electron chi connectivity index (χ0n) is 15.2. The van der Waals surface area contributed by atoms with Gasteiger partial charge in [-0.25, -0.2) is 0 Å². The molecule has 29 heavy (non-hydrogen) atoms. The van der Waals surface area contributed by atoms with Crippen LogP contribution in [0.1, 0.15) is 18.7 Å². The number of aryl methyl sites for hydroxylation is 1. The smallest absolute Gasteiger partial charge is 0.226 e. The molecule has 0 unspecified atom stereocenters. The van der Waals surface area contributed by atoms with Crippen molar-refractivity contribution in [3.63, 3.8) is 0 Å². The van der Waals surface area contributed by atoms with Gasteiger partial charge in [0.15, 0.2) is 5.82 Å². The maximum atomic E-state index is 12.2. The third-order valence-electron chi connectivity index (χ3n) is 4.07. The Balaban J connectivity index is 1.26. The van der Waals surface area contributed by atoms with Crippen molar-refractivity contribution in [2.75, 3.05) is 5.32 Å². The first-order chi connectivity index (χ1) is 14.2. The number of nitrogens with zero attached hydrogens (tertiary/aromatic N) is 4. The van der Waals surface area contributed by atoms with Crippen molar-refractivity contribution in [2.24, 2.45) is 0 Å². The Hall–Kier alpha value is -3.10. The topological polar surface area (TPSA) is 93.8 Å². The lowest BCUT2D eigenvalue weighted by atomic mass is 10.2. The van der Waals surface area contributed by atoms with Gasteiger partial charge in [0.2, 0.25) is 22.8 Å². The third-order valence-corrected chi connectivity index (χ3v) is 4.95. The lowest BCUT2D eigenvalue weighted by Crippen LogP contribution is -2.11. The summed E-state index contributed by atoms with van der Waals surface area (Å²) in [7, 11) is 0. The molecule has 0 aliphatic heterocycles. The third kappa shape index (κ3) is 5.04. The van der Waals surface area contributed by atoms with Crippen LogP contribution in [0.4, 0.5) is 5.13 Å². The van der Waals surface area contributed by atoms with Crippen LogP contribution in [-0.4, -0.2) is 25.4 Å². The molecule has 2 aromatic heterocycles. The Bertz CT molecular complexity index is 1100. The number of nitrogens with one attached hydrogen (secondary N) is 1. The lowest BCUT2D eigenvalue weighted by molar-refractivity contribution is -0.116. The number of rotatable bonds is 7. The number of benzene rings is 2. The number of hydrogen-bond acceptors (Lipinski definition) is 7. The van der Waals surface area contributed by atoms with E-state index in [4.69, 9.17) is 16.1 Å². The molecule has 0 saturated heterocycles. The van der Waals surface area contributed by atoms with Crippen molar-refractivity contribution < 1.29 is 9.32 Å². The van der Waals surface area contributed by atoms with Crippen molar-refractivity contribution in [1.82, 2.24) is 19.5 Å². The van der Waals surface area contributed by atoms with E-state index < -0.39 is 0 Å². The average molecular weight is 426 g/mol. The SMILES string of the molecule is O=C(CCCc1nc(-c2ccc(Cl)cc2)no1)Nc1nc(-c2ccccc2)ns1. The molecule has 0 aliphatic rings. The molecule has 0 fully saturated rings. The quantitative estimate of drug-likeness (QED) is 0.454. The van der Waals surface area contributed by atoms with Gasteiger partial charge in [-0.15, -0.1) is 0 Å². The summed E-state index contributed by atoms with van der Waals surface area (Å²) in [6.45, 7) is 0. The molecule has 0 atom stereocenters. The Morgan fingerprint density at radius 3 is 2.55 bits per heavy atom. The van der Waals surface area contributed by atoms with Gasteiger partial charge in [0.05, 0.1) is 0 Å². The predicted molar refractivity (Wildman–Crippen MR) is 112 cm³/mol. The van der Waals surface area contributed by atoms with Crippen LogP contribution in [0.5, 0.6) is 0 Å². The molecule has 0 saturated carbocycles. The van der Waals surface area contributed by atoms with Gasteiger partial charge in [0.1, 0.15) is 0 Å². The van der Waals surface area contributed by atoms with E-state index >= 15 is 0 Å². The van der Waals surface area contributed by atoms with Gasteiger partial charge in [-0.1, -0.05) is 47.1 Å². The molecule has 2 heterocycles. The van der Waals surface area contributed by atoms with Crippen molar-refractivity contribution >= 4 is 34.2 Å². The minimum atomic E-state index is -0.127. The van der Waals surface area contributed by atoms with Crippen LogP contribution in [0.3, 0.4) is 0 Å².